The van der Waals surface area contributed by atoms with E-state index in [0.29, 0.717) is 23.0 Å². The van der Waals surface area contributed by atoms with Crippen molar-refractivity contribution in [1.82, 2.24) is 5.32 Å². The van der Waals surface area contributed by atoms with Crippen molar-refractivity contribution in [3.8, 4) is 5.75 Å². The molecule has 0 spiro atoms. The normalized spacial score (nSPS) is 20.7. The standard InChI is InChI=1S/C18H25ClN2O4S2/c1-27(23,24)21-10-8-17(25-16-7-6-13(19)12-15(16)21)18(22)20-9-11-26-14-4-2-3-5-14/h6-7,12,14,17H,2-5,8-11H2,1H3,(H,20,22). The summed E-state index contributed by atoms with van der Waals surface area (Å²) in [6.45, 7) is 0.754. The number of amides is 1. The molecule has 0 saturated heterocycles. The number of carbonyl (C=O) groups excluding carboxylic acids is 1. The van der Waals surface area contributed by atoms with Gasteiger partial charge in [-0.2, -0.15) is 11.8 Å². The van der Waals surface area contributed by atoms with Crippen LogP contribution in [0.15, 0.2) is 18.2 Å². The van der Waals surface area contributed by atoms with Gasteiger partial charge in [0.05, 0.1) is 11.9 Å². The van der Waals surface area contributed by atoms with Gasteiger partial charge in [0.25, 0.3) is 5.91 Å². The molecule has 1 unspecified atom stereocenters. The van der Waals surface area contributed by atoms with Crippen LogP contribution in [-0.4, -0.2) is 50.8 Å². The molecule has 27 heavy (non-hydrogen) atoms. The molecule has 1 saturated carbocycles. The number of rotatable bonds is 6. The Morgan fingerprint density at radius 2 is 2.07 bits per heavy atom. The zero-order chi connectivity index (χ0) is 19.4. The molecule has 150 valence electrons. The van der Waals surface area contributed by atoms with Gasteiger partial charge in [-0.25, -0.2) is 8.42 Å². The van der Waals surface area contributed by atoms with E-state index in [4.69, 9.17) is 16.3 Å². The average molecular weight is 433 g/mol. The van der Waals surface area contributed by atoms with Crippen LogP contribution in [0.1, 0.15) is 32.1 Å². The summed E-state index contributed by atoms with van der Waals surface area (Å²) in [5, 5.41) is 4.05. The third-order valence-corrected chi connectivity index (χ3v) is 7.60. The minimum atomic E-state index is -3.50. The van der Waals surface area contributed by atoms with Gasteiger partial charge in [-0.05, 0) is 31.0 Å². The van der Waals surface area contributed by atoms with Crippen molar-refractivity contribution in [1.29, 1.82) is 0 Å². The predicted molar refractivity (Wildman–Crippen MR) is 110 cm³/mol. The number of carbonyl (C=O) groups is 1. The number of sulfonamides is 1. The number of fused-ring (bicyclic) bond motifs is 1. The molecule has 1 aromatic carbocycles. The van der Waals surface area contributed by atoms with Gasteiger partial charge in [-0.15, -0.1) is 0 Å². The lowest BCUT2D eigenvalue weighted by molar-refractivity contribution is -0.127. The molecule has 1 atom stereocenters. The first kappa shape index (κ1) is 20.6. The first-order valence-corrected chi connectivity index (χ1v) is 12.5. The molecular weight excluding hydrogens is 408 g/mol. The highest BCUT2D eigenvalue weighted by atomic mass is 35.5. The van der Waals surface area contributed by atoms with E-state index in [1.807, 2.05) is 11.8 Å². The third-order valence-electron chi connectivity index (χ3n) is 4.80. The fourth-order valence-electron chi connectivity index (χ4n) is 3.45. The largest absolute Gasteiger partial charge is 0.478 e. The number of hydrogen-bond donors (Lipinski definition) is 1. The van der Waals surface area contributed by atoms with Crippen molar-refractivity contribution < 1.29 is 17.9 Å². The Hall–Kier alpha value is -1.12. The summed E-state index contributed by atoms with van der Waals surface area (Å²) in [5.74, 6) is 1.02. The van der Waals surface area contributed by atoms with Gasteiger partial charge >= 0.3 is 0 Å². The molecule has 1 amide bonds. The molecule has 0 bridgehead atoms. The first-order chi connectivity index (χ1) is 12.8. The second-order valence-corrected chi connectivity index (χ2v) is 10.7. The number of hydrogen-bond acceptors (Lipinski definition) is 5. The number of thioether (sulfide) groups is 1. The van der Waals surface area contributed by atoms with Crippen molar-refractivity contribution in [2.24, 2.45) is 0 Å². The van der Waals surface area contributed by atoms with Crippen LogP contribution in [0.4, 0.5) is 5.69 Å². The van der Waals surface area contributed by atoms with E-state index < -0.39 is 16.1 Å². The highest BCUT2D eigenvalue weighted by molar-refractivity contribution is 7.99. The topological polar surface area (TPSA) is 75.7 Å². The van der Waals surface area contributed by atoms with Gasteiger partial charge in [0, 0.05) is 35.5 Å². The van der Waals surface area contributed by atoms with Crippen LogP contribution in [-0.2, 0) is 14.8 Å². The first-order valence-electron chi connectivity index (χ1n) is 9.18. The van der Waals surface area contributed by atoms with Crippen LogP contribution in [0.5, 0.6) is 5.75 Å². The highest BCUT2D eigenvalue weighted by Gasteiger charge is 2.31. The summed E-state index contributed by atoms with van der Waals surface area (Å²) in [6.07, 6.45) is 5.84. The Kier molecular flexibility index (Phi) is 6.81. The second-order valence-electron chi connectivity index (χ2n) is 6.91. The van der Waals surface area contributed by atoms with Crippen molar-refractivity contribution in [2.75, 3.05) is 29.4 Å². The molecule has 1 N–H and O–H groups in total. The maximum Gasteiger partial charge on any atom is 0.261 e. The van der Waals surface area contributed by atoms with Crippen LogP contribution in [0, 0.1) is 0 Å². The molecule has 1 aliphatic carbocycles. The molecule has 1 fully saturated rings. The zero-order valence-electron chi connectivity index (χ0n) is 15.3. The van der Waals surface area contributed by atoms with Crippen molar-refractivity contribution in [3.05, 3.63) is 23.2 Å². The van der Waals surface area contributed by atoms with E-state index in [9.17, 15) is 13.2 Å². The third kappa shape index (κ3) is 5.45. The summed E-state index contributed by atoms with van der Waals surface area (Å²) < 4.78 is 31.4. The van der Waals surface area contributed by atoms with E-state index in [2.05, 4.69) is 5.32 Å². The van der Waals surface area contributed by atoms with Gasteiger partial charge in [0.2, 0.25) is 10.0 Å². The van der Waals surface area contributed by atoms with Crippen LogP contribution < -0.4 is 14.4 Å². The van der Waals surface area contributed by atoms with E-state index in [1.54, 1.807) is 18.2 Å². The molecule has 1 aliphatic heterocycles. The fraction of sp³-hybridized carbons (Fsp3) is 0.611. The summed E-state index contributed by atoms with van der Waals surface area (Å²) >= 11 is 7.94. The van der Waals surface area contributed by atoms with Crippen molar-refractivity contribution in [3.63, 3.8) is 0 Å². The molecule has 1 aromatic rings. The molecule has 9 heteroatoms. The maximum atomic E-state index is 12.5. The summed E-state index contributed by atoms with van der Waals surface area (Å²) in [4.78, 5) is 12.5. The average Bonchev–Trinajstić information content (AvgIpc) is 3.04. The molecule has 0 radical (unpaired) electrons. The second kappa shape index (κ2) is 8.92. The van der Waals surface area contributed by atoms with E-state index in [-0.39, 0.29) is 18.9 Å². The lowest BCUT2D eigenvalue weighted by atomic mass is 10.2. The van der Waals surface area contributed by atoms with E-state index >= 15 is 0 Å². The van der Waals surface area contributed by atoms with E-state index in [1.165, 1.54) is 30.0 Å². The number of nitrogens with one attached hydrogen (secondary N) is 1. The fourth-order valence-corrected chi connectivity index (χ4v) is 5.77. The highest BCUT2D eigenvalue weighted by Crippen LogP contribution is 2.36. The number of benzene rings is 1. The molecule has 1 heterocycles. The predicted octanol–water partition coefficient (Wildman–Crippen LogP) is 3.05. The SMILES string of the molecule is CS(=O)(=O)N1CCC(C(=O)NCCSC2CCCC2)Oc2ccc(Cl)cc21. The molecular formula is C18H25ClN2O4S2. The minimum absolute atomic E-state index is 0.168. The Bertz CT molecular complexity index is 782. The summed E-state index contributed by atoms with van der Waals surface area (Å²) in [6, 6.07) is 4.78. The lowest BCUT2D eigenvalue weighted by Crippen LogP contribution is -2.40. The number of ether oxygens (including phenoxy) is 1. The monoisotopic (exact) mass is 432 g/mol. The zero-order valence-corrected chi connectivity index (χ0v) is 17.7. The Morgan fingerprint density at radius 3 is 2.78 bits per heavy atom. The lowest BCUT2D eigenvalue weighted by Gasteiger charge is -2.21. The van der Waals surface area contributed by atoms with E-state index in [0.717, 1.165) is 17.3 Å². The Balaban J connectivity index is 1.62. The Labute approximate surface area is 170 Å². The van der Waals surface area contributed by atoms with Crippen molar-refractivity contribution >= 4 is 45.0 Å². The van der Waals surface area contributed by atoms with Crippen LogP contribution in [0.2, 0.25) is 5.02 Å². The van der Waals surface area contributed by atoms with Crippen LogP contribution in [0.3, 0.4) is 0 Å². The number of halogens is 1. The number of nitrogens with zero attached hydrogens (tertiary/aromatic N) is 1. The van der Waals surface area contributed by atoms with Gasteiger partial charge in [-0.3, -0.25) is 9.10 Å². The van der Waals surface area contributed by atoms with Crippen LogP contribution >= 0.6 is 23.4 Å². The molecule has 3 rings (SSSR count). The molecule has 2 aliphatic rings. The quantitative estimate of drug-likeness (QED) is 0.699. The van der Waals surface area contributed by atoms with Gasteiger partial charge in [-0.1, -0.05) is 24.4 Å². The summed E-state index contributed by atoms with van der Waals surface area (Å²) in [7, 11) is -3.50. The summed E-state index contributed by atoms with van der Waals surface area (Å²) in [5.41, 5.74) is 0.372. The smallest absolute Gasteiger partial charge is 0.261 e. The van der Waals surface area contributed by atoms with Crippen LogP contribution in [0.25, 0.3) is 0 Å². The van der Waals surface area contributed by atoms with Gasteiger partial charge in [0.1, 0.15) is 5.75 Å². The number of anilines is 1. The maximum absolute atomic E-state index is 12.5. The molecule has 0 aromatic heterocycles. The van der Waals surface area contributed by atoms with Crippen molar-refractivity contribution in [2.45, 2.75) is 43.5 Å². The van der Waals surface area contributed by atoms with Gasteiger partial charge in [0.15, 0.2) is 6.10 Å². The Morgan fingerprint density at radius 1 is 1.33 bits per heavy atom. The van der Waals surface area contributed by atoms with Gasteiger partial charge < -0.3 is 10.1 Å². The minimum Gasteiger partial charge on any atom is -0.478 e. The molecule has 6 nitrogen and oxygen atoms in total.